The smallest absolute Gasteiger partial charge is 0.255 e. The van der Waals surface area contributed by atoms with E-state index in [0.29, 0.717) is 22.8 Å². The lowest BCUT2D eigenvalue weighted by Crippen LogP contribution is -2.55. The lowest BCUT2D eigenvalue weighted by molar-refractivity contribution is 0.0200. The van der Waals surface area contributed by atoms with Crippen LogP contribution in [0.1, 0.15) is 59.2 Å². The summed E-state index contributed by atoms with van der Waals surface area (Å²) in [5, 5.41) is 3.68. The highest BCUT2D eigenvalue weighted by Crippen LogP contribution is 2.39. The molecular formula is C40H48N6O5. The number of methoxy groups -OCH3 is 4. The highest BCUT2D eigenvalue weighted by atomic mass is 16.5. The van der Waals surface area contributed by atoms with Gasteiger partial charge >= 0.3 is 0 Å². The molecule has 11 nitrogen and oxygen atoms in total. The van der Waals surface area contributed by atoms with Crippen molar-refractivity contribution in [3.8, 4) is 23.0 Å². The number of likely N-dealkylation sites (N-methyl/N-ethyl adjacent to an activating group) is 1. The van der Waals surface area contributed by atoms with Crippen molar-refractivity contribution < 1.29 is 23.7 Å². The van der Waals surface area contributed by atoms with Gasteiger partial charge in [0.1, 0.15) is 5.75 Å². The minimum absolute atomic E-state index is 0.0468. The maximum Gasteiger partial charge on any atom is 0.255 e. The van der Waals surface area contributed by atoms with Crippen molar-refractivity contribution >= 4 is 22.9 Å². The van der Waals surface area contributed by atoms with Crippen molar-refractivity contribution in [1.29, 1.82) is 0 Å². The summed E-state index contributed by atoms with van der Waals surface area (Å²) < 4.78 is 22.1. The van der Waals surface area contributed by atoms with Crippen LogP contribution < -0.4 is 24.3 Å². The molecule has 51 heavy (non-hydrogen) atoms. The molecule has 0 bridgehead atoms. The van der Waals surface area contributed by atoms with E-state index < -0.39 is 0 Å². The molecule has 0 aliphatic carbocycles. The molecule has 0 spiro atoms. The molecule has 11 heteroatoms. The zero-order chi connectivity index (χ0) is 35.9. The fraction of sp³-hybridized carbons (Fsp3) is 0.375. The van der Waals surface area contributed by atoms with Gasteiger partial charge in [-0.1, -0.05) is 31.2 Å². The van der Waals surface area contributed by atoms with Gasteiger partial charge in [0.05, 0.1) is 45.6 Å². The summed E-state index contributed by atoms with van der Waals surface area (Å²) in [5.74, 6) is 2.82. The predicted molar refractivity (Wildman–Crippen MR) is 199 cm³/mol. The number of ether oxygens (including phenoxy) is 4. The number of nitrogens with one attached hydrogen (secondary N) is 2. The SMILES string of the molecule is CCC(c1ccc(OC)cc1)C(N1CCC(Nc2nc3c(Cc4ccncc4)cccc3[nH]2)CC1)N(C)C(=O)c1cc(OC)c(OC)c(OC)c1. The molecule has 2 aromatic heterocycles. The monoisotopic (exact) mass is 692 g/mol. The van der Waals surface area contributed by atoms with E-state index in [1.165, 1.54) is 11.1 Å². The third-order valence-electron chi connectivity index (χ3n) is 9.96. The quantitative estimate of drug-likeness (QED) is 0.130. The first-order valence-corrected chi connectivity index (χ1v) is 17.5. The molecule has 2 N–H and O–H groups in total. The van der Waals surface area contributed by atoms with Gasteiger partial charge in [0.2, 0.25) is 11.7 Å². The molecule has 1 aliphatic rings. The van der Waals surface area contributed by atoms with E-state index in [2.05, 4.69) is 57.4 Å². The molecule has 3 heterocycles. The zero-order valence-corrected chi connectivity index (χ0v) is 30.3. The van der Waals surface area contributed by atoms with Gasteiger partial charge in [0, 0.05) is 50.1 Å². The van der Waals surface area contributed by atoms with E-state index in [4.69, 9.17) is 23.9 Å². The van der Waals surface area contributed by atoms with Crippen LogP contribution in [-0.2, 0) is 6.42 Å². The Labute approximate surface area is 299 Å². The van der Waals surface area contributed by atoms with Gasteiger partial charge in [-0.25, -0.2) is 4.98 Å². The maximum atomic E-state index is 14.3. The highest BCUT2D eigenvalue weighted by molar-refractivity contribution is 5.95. The largest absolute Gasteiger partial charge is 0.497 e. The summed E-state index contributed by atoms with van der Waals surface area (Å²) in [5.41, 5.74) is 5.98. The van der Waals surface area contributed by atoms with Crippen molar-refractivity contribution in [1.82, 2.24) is 24.8 Å². The summed E-state index contributed by atoms with van der Waals surface area (Å²) in [6, 6.07) is 22.2. The molecule has 1 fully saturated rings. The number of pyridine rings is 1. The Morgan fingerprint density at radius 1 is 0.941 bits per heavy atom. The van der Waals surface area contributed by atoms with Crippen LogP contribution in [0.3, 0.4) is 0 Å². The molecule has 2 unspecified atom stereocenters. The van der Waals surface area contributed by atoms with Crippen LogP contribution in [-0.4, -0.2) is 91.4 Å². The fourth-order valence-electron chi connectivity index (χ4n) is 7.29. The first-order chi connectivity index (χ1) is 24.9. The third-order valence-corrected chi connectivity index (χ3v) is 9.96. The Kier molecular flexibility index (Phi) is 11.3. The number of imidazole rings is 1. The lowest BCUT2D eigenvalue weighted by atomic mass is 9.90. The average molecular weight is 693 g/mol. The Bertz CT molecular complexity index is 1880. The predicted octanol–water partition coefficient (Wildman–Crippen LogP) is 6.75. The average Bonchev–Trinajstić information content (AvgIpc) is 3.60. The van der Waals surface area contributed by atoms with Crippen molar-refractivity contribution in [3.63, 3.8) is 0 Å². The molecular weight excluding hydrogens is 644 g/mol. The fourth-order valence-corrected chi connectivity index (χ4v) is 7.29. The van der Waals surface area contributed by atoms with Gasteiger partial charge in [-0.15, -0.1) is 0 Å². The van der Waals surface area contributed by atoms with E-state index in [-0.39, 0.29) is 24.0 Å². The van der Waals surface area contributed by atoms with E-state index in [9.17, 15) is 4.79 Å². The van der Waals surface area contributed by atoms with E-state index in [1.807, 2.05) is 48.6 Å². The molecule has 268 valence electrons. The second kappa shape index (κ2) is 16.2. The van der Waals surface area contributed by atoms with Crippen molar-refractivity contribution in [2.45, 2.75) is 50.7 Å². The first-order valence-electron chi connectivity index (χ1n) is 17.5. The number of likely N-dealkylation sites (tertiary alicyclic amines) is 1. The van der Waals surface area contributed by atoms with Crippen molar-refractivity contribution in [2.24, 2.45) is 0 Å². The topological polar surface area (TPSA) is 114 Å². The van der Waals surface area contributed by atoms with Crippen LogP contribution >= 0.6 is 0 Å². The molecule has 2 atom stereocenters. The minimum Gasteiger partial charge on any atom is -0.497 e. The Hall–Kier alpha value is -5.29. The van der Waals surface area contributed by atoms with Gasteiger partial charge in [-0.3, -0.25) is 14.7 Å². The number of aromatic nitrogens is 3. The van der Waals surface area contributed by atoms with Gasteiger partial charge in [-0.2, -0.15) is 0 Å². The summed E-state index contributed by atoms with van der Waals surface area (Å²) in [6.45, 7) is 3.78. The number of carbonyl (C=O) groups is 1. The molecule has 1 saturated heterocycles. The van der Waals surface area contributed by atoms with Crippen LogP contribution in [0.25, 0.3) is 11.0 Å². The number of anilines is 1. The number of rotatable bonds is 14. The minimum atomic E-state index is -0.210. The van der Waals surface area contributed by atoms with Crippen molar-refractivity contribution in [3.05, 3.63) is 101 Å². The second-order valence-electron chi connectivity index (χ2n) is 12.9. The summed E-state index contributed by atoms with van der Waals surface area (Å²) in [7, 11) is 8.23. The van der Waals surface area contributed by atoms with Crippen LogP contribution in [0, 0.1) is 0 Å². The standard InChI is InChI=1S/C40H48N6O5/c1-7-32(27-11-13-31(48-3)14-12-27)38(45(2)39(47)29-24-34(49-4)37(51-6)35(25-29)50-5)46-21-17-30(18-22-46)42-40-43-33-10-8-9-28(36(33)44-40)23-26-15-19-41-20-16-26/h8-16,19-20,24-25,30,32,38H,7,17-18,21-23H2,1-6H3,(H2,42,43,44). The number of H-pyrrole nitrogens is 1. The molecule has 5 aromatic rings. The number of fused-ring (bicyclic) bond motifs is 1. The highest BCUT2D eigenvalue weighted by Gasteiger charge is 2.36. The maximum absolute atomic E-state index is 14.3. The van der Waals surface area contributed by atoms with E-state index in [0.717, 1.165) is 67.1 Å². The van der Waals surface area contributed by atoms with E-state index >= 15 is 0 Å². The molecule has 0 radical (unpaired) electrons. The van der Waals surface area contributed by atoms with Gasteiger partial charge in [0.25, 0.3) is 5.91 Å². The number of benzene rings is 3. The molecule has 1 amide bonds. The van der Waals surface area contributed by atoms with Gasteiger partial charge < -0.3 is 34.1 Å². The lowest BCUT2D eigenvalue weighted by Gasteiger charge is -2.45. The summed E-state index contributed by atoms with van der Waals surface area (Å²) in [6.07, 6.45) is 6.85. The number of amides is 1. The van der Waals surface area contributed by atoms with Crippen LogP contribution in [0.5, 0.6) is 23.0 Å². The first kappa shape index (κ1) is 35.5. The number of para-hydroxylation sites is 1. The van der Waals surface area contributed by atoms with Crippen molar-refractivity contribution in [2.75, 3.05) is 53.9 Å². The molecule has 1 aliphatic heterocycles. The molecule has 0 saturated carbocycles. The molecule has 6 rings (SSSR count). The normalized spacial score (nSPS) is 14.9. The number of carbonyl (C=O) groups excluding carboxylic acids is 1. The number of aromatic amines is 1. The number of nitrogens with zero attached hydrogens (tertiary/aromatic N) is 4. The Morgan fingerprint density at radius 3 is 2.24 bits per heavy atom. The Balaban J connectivity index is 1.23. The third kappa shape index (κ3) is 7.73. The number of piperidine rings is 1. The van der Waals surface area contributed by atoms with Gasteiger partial charge in [0.15, 0.2) is 11.5 Å². The van der Waals surface area contributed by atoms with E-state index in [1.54, 1.807) is 40.6 Å². The summed E-state index contributed by atoms with van der Waals surface area (Å²) in [4.78, 5) is 31.3. The van der Waals surface area contributed by atoms with Gasteiger partial charge in [-0.05, 0) is 84.8 Å². The second-order valence-corrected chi connectivity index (χ2v) is 12.9. The summed E-state index contributed by atoms with van der Waals surface area (Å²) >= 11 is 0. The van der Waals surface area contributed by atoms with Crippen LogP contribution in [0.2, 0.25) is 0 Å². The zero-order valence-electron chi connectivity index (χ0n) is 30.3. The number of hydrogen-bond donors (Lipinski definition) is 2. The number of hydrogen-bond acceptors (Lipinski definition) is 9. The van der Waals surface area contributed by atoms with Crippen LogP contribution in [0.4, 0.5) is 5.95 Å². The Morgan fingerprint density at radius 2 is 1.63 bits per heavy atom. The van der Waals surface area contributed by atoms with Crippen LogP contribution in [0.15, 0.2) is 79.1 Å². The molecule has 3 aromatic carbocycles.